The van der Waals surface area contributed by atoms with Gasteiger partial charge in [0.25, 0.3) is 0 Å². The van der Waals surface area contributed by atoms with E-state index in [1.54, 1.807) is 13.3 Å². The Morgan fingerprint density at radius 2 is 2.35 bits per heavy atom. The van der Waals surface area contributed by atoms with Crippen molar-refractivity contribution in [3.8, 4) is 10.7 Å². The average molecular weight is 291 g/mol. The molecule has 5 nitrogen and oxygen atoms in total. The highest BCUT2D eigenvalue weighted by molar-refractivity contribution is 7.13. The van der Waals surface area contributed by atoms with Gasteiger partial charge in [0.15, 0.2) is 0 Å². The van der Waals surface area contributed by atoms with Gasteiger partial charge in [0, 0.05) is 31.8 Å². The van der Waals surface area contributed by atoms with E-state index in [4.69, 9.17) is 4.74 Å². The maximum Gasteiger partial charge on any atom is 0.226 e. The first-order valence-electron chi connectivity index (χ1n) is 6.41. The molecule has 0 aliphatic rings. The highest BCUT2D eigenvalue weighted by atomic mass is 32.1. The van der Waals surface area contributed by atoms with Crippen molar-refractivity contribution >= 4 is 17.2 Å². The summed E-state index contributed by atoms with van der Waals surface area (Å²) in [5, 5.41) is 5.59. The predicted molar refractivity (Wildman–Crippen MR) is 78.6 cm³/mol. The smallest absolute Gasteiger partial charge is 0.226 e. The summed E-state index contributed by atoms with van der Waals surface area (Å²) in [6.45, 7) is 1.28. The number of rotatable bonds is 7. The quantitative estimate of drug-likeness (QED) is 0.791. The van der Waals surface area contributed by atoms with Crippen LogP contribution in [0, 0.1) is 0 Å². The molecule has 0 bridgehead atoms. The number of methoxy groups -OCH3 is 1. The molecule has 0 atom stereocenters. The number of hydrogen-bond acceptors (Lipinski definition) is 5. The maximum absolute atomic E-state index is 11.7. The van der Waals surface area contributed by atoms with E-state index in [2.05, 4.69) is 15.3 Å². The van der Waals surface area contributed by atoms with E-state index < -0.39 is 0 Å². The summed E-state index contributed by atoms with van der Waals surface area (Å²) in [5.74, 6) is -0.0148. The molecule has 0 radical (unpaired) electrons. The van der Waals surface area contributed by atoms with Crippen LogP contribution in [0.4, 0.5) is 0 Å². The molecule has 0 aromatic carbocycles. The third-order valence-corrected chi connectivity index (χ3v) is 3.54. The number of carbonyl (C=O) groups is 1. The van der Waals surface area contributed by atoms with Crippen LogP contribution in [0.2, 0.25) is 0 Å². The second kappa shape index (κ2) is 7.72. The fourth-order valence-electron chi connectivity index (χ4n) is 1.67. The number of carbonyl (C=O) groups excluding carboxylic acids is 1. The molecule has 0 spiro atoms. The summed E-state index contributed by atoms with van der Waals surface area (Å²) in [4.78, 5) is 20.4. The second-order valence-corrected chi connectivity index (χ2v) is 5.09. The topological polar surface area (TPSA) is 64.1 Å². The van der Waals surface area contributed by atoms with Gasteiger partial charge in [-0.25, -0.2) is 4.98 Å². The van der Waals surface area contributed by atoms with Crippen LogP contribution in [0.15, 0.2) is 29.8 Å². The lowest BCUT2D eigenvalue weighted by Crippen LogP contribution is -2.26. The molecule has 0 aliphatic heterocycles. The molecular weight excluding hydrogens is 274 g/mol. The van der Waals surface area contributed by atoms with Crippen LogP contribution >= 0.6 is 11.3 Å². The van der Waals surface area contributed by atoms with Gasteiger partial charge >= 0.3 is 0 Å². The Labute approximate surface area is 122 Å². The van der Waals surface area contributed by atoms with Crippen LogP contribution in [-0.2, 0) is 16.0 Å². The zero-order chi connectivity index (χ0) is 14.2. The maximum atomic E-state index is 11.7. The average Bonchev–Trinajstić information content (AvgIpc) is 2.93. The first-order chi connectivity index (χ1) is 9.79. The van der Waals surface area contributed by atoms with Crippen LogP contribution in [0.25, 0.3) is 10.7 Å². The first kappa shape index (κ1) is 14.6. The molecule has 2 aromatic heterocycles. The van der Waals surface area contributed by atoms with Gasteiger partial charge < -0.3 is 10.1 Å². The van der Waals surface area contributed by atoms with E-state index in [0.29, 0.717) is 19.6 Å². The Kier molecular flexibility index (Phi) is 5.64. The van der Waals surface area contributed by atoms with Crippen molar-refractivity contribution in [1.29, 1.82) is 0 Å². The molecule has 1 N–H and O–H groups in total. The van der Waals surface area contributed by atoms with E-state index >= 15 is 0 Å². The van der Waals surface area contributed by atoms with Crippen LogP contribution in [0.5, 0.6) is 0 Å². The summed E-state index contributed by atoms with van der Waals surface area (Å²) in [6.07, 6.45) is 2.85. The SMILES string of the molecule is COCCCNC(=O)Cc1csc(-c2ccccn2)n1. The van der Waals surface area contributed by atoms with E-state index in [9.17, 15) is 4.79 Å². The van der Waals surface area contributed by atoms with Crippen molar-refractivity contribution < 1.29 is 9.53 Å². The van der Waals surface area contributed by atoms with Crippen LogP contribution < -0.4 is 5.32 Å². The van der Waals surface area contributed by atoms with Crippen molar-refractivity contribution in [2.75, 3.05) is 20.3 Å². The van der Waals surface area contributed by atoms with Gasteiger partial charge in [0.2, 0.25) is 5.91 Å². The normalized spacial score (nSPS) is 10.4. The lowest BCUT2D eigenvalue weighted by Gasteiger charge is -2.03. The van der Waals surface area contributed by atoms with Gasteiger partial charge in [-0.2, -0.15) is 0 Å². The Morgan fingerprint density at radius 1 is 1.45 bits per heavy atom. The number of nitrogens with zero attached hydrogens (tertiary/aromatic N) is 2. The molecule has 2 aromatic rings. The van der Waals surface area contributed by atoms with Gasteiger partial charge in [0.05, 0.1) is 17.8 Å². The minimum atomic E-state index is -0.0148. The fraction of sp³-hybridized carbons (Fsp3) is 0.357. The monoisotopic (exact) mass is 291 g/mol. The minimum absolute atomic E-state index is 0.0148. The van der Waals surface area contributed by atoms with Gasteiger partial charge in [-0.1, -0.05) is 6.07 Å². The molecule has 2 rings (SSSR count). The van der Waals surface area contributed by atoms with Crippen molar-refractivity contribution in [2.24, 2.45) is 0 Å². The molecule has 0 fully saturated rings. The summed E-state index contributed by atoms with van der Waals surface area (Å²) in [6, 6.07) is 5.70. The highest BCUT2D eigenvalue weighted by Crippen LogP contribution is 2.21. The first-order valence-corrected chi connectivity index (χ1v) is 7.29. The third kappa shape index (κ3) is 4.40. The fourth-order valence-corrected chi connectivity index (χ4v) is 2.46. The number of aromatic nitrogens is 2. The number of amides is 1. The predicted octanol–water partition coefficient (Wildman–Crippen LogP) is 1.90. The van der Waals surface area contributed by atoms with Crippen molar-refractivity contribution in [1.82, 2.24) is 15.3 Å². The second-order valence-electron chi connectivity index (χ2n) is 4.23. The number of nitrogens with one attached hydrogen (secondary N) is 1. The van der Waals surface area contributed by atoms with Crippen LogP contribution in [0.3, 0.4) is 0 Å². The Bertz CT molecular complexity index is 542. The molecular formula is C14H17N3O2S. The Hall–Kier alpha value is -1.79. The number of pyridine rings is 1. The van der Waals surface area contributed by atoms with Crippen molar-refractivity contribution in [2.45, 2.75) is 12.8 Å². The van der Waals surface area contributed by atoms with E-state index in [1.807, 2.05) is 23.6 Å². The van der Waals surface area contributed by atoms with Gasteiger partial charge in [0.1, 0.15) is 5.01 Å². The summed E-state index contributed by atoms with van der Waals surface area (Å²) < 4.78 is 4.93. The zero-order valence-electron chi connectivity index (χ0n) is 11.3. The number of ether oxygens (including phenoxy) is 1. The van der Waals surface area contributed by atoms with Crippen LogP contribution in [-0.4, -0.2) is 36.1 Å². The van der Waals surface area contributed by atoms with E-state index in [1.165, 1.54) is 11.3 Å². The third-order valence-electron chi connectivity index (χ3n) is 2.62. The van der Waals surface area contributed by atoms with Crippen molar-refractivity contribution in [3.63, 3.8) is 0 Å². The number of thiazole rings is 1. The molecule has 0 aliphatic carbocycles. The largest absolute Gasteiger partial charge is 0.385 e. The zero-order valence-corrected chi connectivity index (χ0v) is 12.2. The van der Waals surface area contributed by atoms with Gasteiger partial charge in [-0.3, -0.25) is 9.78 Å². The molecule has 0 saturated heterocycles. The molecule has 2 heterocycles. The van der Waals surface area contributed by atoms with E-state index in [-0.39, 0.29) is 5.91 Å². The van der Waals surface area contributed by atoms with Crippen molar-refractivity contribution in [3.05, 3.63) is 35.5 Å². The summed E-state index contributed by atoms with van der Waals surface area (Å²) in [5.41, 5.74) is 1.61. The molecule has 0 unspecified atom stereocenters. The lowest BCUT2D eigenvalue weighted by atomic mass is 10.3. The Balaban J connectivity index is 1.85. The summed E-state index contributed by atoms with van der Waals surface area (Å²) in [7, 11) is 1.65. The van der Waals surface area contributed by atoms with Gasteiger partial charge in [-0.15, -0.1) is 11.3 Å². The molecule has 0 saturated carbocycles. The number of hydrogen-bond donors (Lipinski definition) is 1. The minimum Gasteiger partial charge on any atom is -0.385 e. The molecule has 20 heavy (non-hydrogen) atoms. The van der Waals surface area contributed by atoms with Gasteiger partial charge in [-0.05, 0) is 18.6 Å². The molecule has 106 valence electrons. The van der Waals surface area contributed by atoms with E-state index in [0.717, 1.165) is 22.8 Å². The standard InChI is InChI=1S/C14H17N3O2S/c1-19-8-4-7-16-13(18)9-11-10-20-14(17-11)12-5-2-3-6-15-12/h2-3,5-6,10H,4,7-9H2,1H3,(H,16,18). The molecule has 6 heteroatoms. The summed E-state index contributed by atoms with van der Waals surface area (Å²) >= 11 is 1.50. The highest BCUT2D eigenvalue weighted by Gasteiger charge is 2.09. The Morgan fingerprint density at radius 3 is 3.10 bits per heavy atom. The molecule has 1 amide bonds. The van der Waals surface area contributed by atoms with Crippen LogP contribution in [0.1, 0.15) is 12.1 Å². The lowest BCUT2D eigenvalue weighted by molar-refractivity contribution is -0.120.